The fourth-order valence-electron chi connectivity index (χ4n) is 3.42. The molecule has 0 bridgehead atoms. The summed E-state index contributed by atoms with van der Waals surface area (Å²) in [6.07, 6.45) is 9.57. The summed E-state index contributed by atoms with van der Waals surface area (Å²) in [5.74, 6) is 0. The third kappa shape index (κ3) is 3.21. The number of benzene rings is 2. The Morgan fingerprint density at radius 1 is 0.952 bits per heavy atom. The van der Waals surface area contributed by atoms with E-state index in [4.69, 9.17) is 17.0 Å². The molecular weight excluding hydrogens is 378 g/mol. The van der Waals surface area contributed by atoms with Gasteiger partial charge in [0.1, 0.15) is 0 Å². The number of hydrogen-bond donors (Lipinski definition) is 0. The van der Waals surface area contributed by atoms with E-state index in [9.17, 15) is 0 Å². The Kier molecular flexibility index (Phi) is 5.38. The normalized spacial score (nSPS) is 14.2. The first kappa shape index (κ1) is 15.5. The van der Waals surface area contributed by atoms with E-state index in [0.29, 0.717) is 0 Å². The van der Waals surface area contributed by atoms with Crippen molar-refractivity contribution in [3.63, 3.8) is 0 Å². The zero-order chi connectivity index (χ0) is 14.7. The summed E-state index contributed by atoms with van der Waals surface area (Å²) in [7, 11) is 9.87. The van der Waals surface area contributed by atoms with Gasteiger partial charge in [-0.1, -0.05) is 48.6 Å². The first-order valence-electron chi connectivity index (χ1n) is 7.21. The Morgan fingerprint density at radius 3 is 2.48 bits per heavy atom. The topological polar surface area (TPSA) is 0 Å². The molecule has 0 amide bonds. The number of allylic oxidation sites excluding steroid dienone is 1. The predicted molar refractivity (Wildman–Crippen MR) is 88.3 cm³/mol. The molecule has 0 radical (unpaired) electrons. The van der Waals surface area contributed by atoms with Crippen molar-refractivity contribution in [1.29, 1.82) is 0 Å². The first-order valence-corrected chi connectivity index (χ1v) is 13.5. The molecule has 0 N–H and O–H groups in total. The average molecular weight is 394 g/mol. The van der Waals surface area contributed by atoms with Crippen LogP contribution in [0.3, 0.4) is 0 Å². The Morgan fingerprint density at radius 2 is 1.71 bits per heavy atom. The van der Waals surface area contributed by atoms with Crippen LogP contribution in [-0.2, 0) is 40.1 Å². The van der Waals surface area contributed by atoms with Crippen LogP contribution in [0.15, 0.2) is 42.5 Å². The molecule has 21 heavy (non-hydrogen) atoms. The van der Waals surface area contributed by atoms with Crippen molar-refractivity contribution in [2.75, 3.05) is 0 Å². The molecule has 0 unspecified atom stereocenters. The van der Waals surface area contributed by atoms with Crippen LogP contribution in [0.5, 0.6) is 0 Å². The van der Waals surface area contributed by atoms with Crippen LogP contribution in [0.4, 0.5) is 0 Å². The van der Waals surface area contributed by atoms with Crippen LogP contribution >= 0.6 is 17.0 Å². The second-order valence-electron chi connectivity index (χ2n) is 5.36. The van der Waals surface area contributed by atoms with Crippen molar-refractivity contribution in [1.82, 2.24) is 0 Å². The van der Waals surface area contributed by atoms with Gasteiger partial charge in [-0.25, -0.2) is 0 Å². The Hall–Kier alpha value is -0.357. The summed E-state index contributed by atoms with van der Waals surface area (Å²) in [6, 6.07) is 13.3. The maximum atomic E-state index is 4.93. The molecule has 4 rings (SSSR count). The molecule has 106 valence electrons. The first-order chi connectivity index (χ1) is 10.3. The standard InChI is InChI=1S/C18H16.2ClH.Zr/c1-2-6-13(7-3-1)18-16-10-4-8-14(16)12-15-9-5-11-17(15)18;;;/h1-4,6-7,10,12H,5,8-9,11H2;2*1H;/q;;;+2/p-2. The number of hydrogen-bond acceptors (Lipinski definition) is 0. The monoisotopic (exact) mass is 392 g/mol. The van der Waals surface area contributed by atoms with Gasteiger partial charge in [0.15, 0.2) is 0 Å². The Labute approximate surface area is 144 Å². The molecule has 0 fully saturated rings. The van der Waals surface area contributed by atoms with Gasteiger partial charge in [-0.15, -0.1) is 0 Å². The van der Waals surface area contributed by atoms with E-state index in [2.05, 4.69) is 48.6 Å². The number of fused-ring (bicyclic) bond motifs is 2. The van der Waals surface area contributed by atoms with Crippen LogP contribution in [-0.4, -0.2) is 0 Å². The van der Waals surface area contributed by atoms with Crippen LogP contribution < -0.4 is 0 Å². The molecular formula is C18H16Cl2Zr. The number of rotatable bonds is 1. The zero-order valence-corrected chi connectivity index (χ0v) is 15.7. The van der Waals surface area contributed by atoms with E-state index in [1.54, 1.807) is 11.1 Å². The fraction of sp³-hybridized carbons (Fsp3) is 0.222. The molecule has 0 saturated heterocycles. The molecule has 3 heteroatoms. The summed E-state index contributed by atoms with van der Waals surface area (Å²) in [6.45, 7) is 0. The van der Waals surface area contributed by atoms with Crippen molar-refractivity contribution < 1.29 is 20.8 Å². The third-order valence-corrected chi connectivity index (χ3v) is 4.21. The van der Waals surface area contributed by atoms with E-state index in [0.717, 1.165) is 6.42 Å². The second kappa shape index (κ2) is 7.27. The molecule has 0 aromatic heterocycles. The Balaban J connectivity index is 0.000000409. The third-order valence-electron chi connectivity index (χ3n) is 4.21. The van der Waals surface area contributed by atoms with Gasteiger partial charge in [-0.3, -0.25) is 0 Å². The molecule has 0 atom stereocenters. The molecule has 0 aliphatic heterocycles. The minimum atomic E-state index is -0.826. The van der Waals surface area contributed by atoms with Gasteiger partial charge in [0, 0.05) is 0 Å². The molecule has 0 saturated carbocycles. The van der Waals surface area contributed by atoms with Crippen molar-refractivity contribution in [2.45, 2.75) is 25.7 Å². The quantitative estimate of drug-likeness (QED) is 0.574. The minimum absolute atomic E-state index is 0.826. The zero-order valence-electron chi connectivity index (χ0n) is 11.7. The van der Waals surface area contributed by atoms with E-state index < -0.39 is 20.8 Å². The van der Waals surface area contributed by atoms with E-state index in [1.165, 1.54) is 41.5 Å². The molecule has 2 aromatic carbocycles. The number of halogens is 2. The van der Waals surface area contributed by atoms with Crippen molar-refractivity contribution in [3.05, 3.63) is 64.7 Å². The van der Waals surface area contributed by atoms with Crippen LogP contribution in [0.25, 0.3) is 17.2 Å². The van der Waals surface area contributed by atoms with Crippen molar-refractivity contribution in [2.24, 2.45) is 0 Å². The van der Waals surface area contributed by atoms with Gasteiger partial charge in [-0.2, -0.15) is 0 Å². The van der Waals surface area contributed by atoms with Gasteiger partial charge in [0.05, 0.1) is 0 Å². The summed E-state index contributed by atoms with van der Waals surface area (Å²) < 4.78 is 0. The summed E-state index contributed by atoms with van der Waals surface area (Å²) in [5.41, 5.74) is 9.09. The SMILES string of the molecule is C1=Cc2c(cc3c(c2-c2ccccc2)CCC3)C1.[Cl][Zr][Cl]. The number of aryl methyl sites for hydroxylation is 1. The van der Waals surface area contributed by atoms with Crippen molar-refractivity contribution >= 4 is 23.1 Å². The summed E-state index contributed by atoms with van der Waals surface area (Å²) in [5, 5.41) is 0. The maximum absolute atomic E-state index is 4.93. The van der Waals surface area contributed by atoms with E-state index in [1.807, 2.05) is 0 Å². The molecule has 2 aromatic rings. The van der Waals surface area contributed by atoms with Gasteiger partial charge in [-0.05, 0) is 59.1 Å². The molecule has 2 aliphatic carbocycles. The molecule has 0 heterocycles. The van der Waals surface area contributed by atoms with Gasteiger partial charge in [0.2, 0.25) is 0 Å². The van der Waals surface area contributed by atoms with Crippen LogP contribution in [0.2, 0.25) is 0 Å². The van der Waals surface area contributed by atoms with Gasteiger partial charge < -0.3 is 0 Å². The van der Waals surface area contributed by atoms with E-state index in [-0.39, 0.29) is 0 Å². The van der Waals surface area contributed by atoms with Crippen LogP contribution in [0, 0.1) is 0 Å². The average Bonchev–Trinajstić information content (AvgIpc) is 3.14. The van der Waals surface area contributed by atoms with Crippen LogP contribution in [0.1, 0.15) is 28.7 Å². The van der Waals surface area contributed by atoms with E-state index >= 15 is 0 Å². The molecule has 2 aliphatic rings. The Bertz CT molecular complexity index is 662. The summed E-state index contributed by atoms with van der Waals surface area (Å²) in [4.78, 5) is 0. The fourth-order valence-corrected chi connectivity index (χ4v) is 3.42. The van der Waals surface area contributed by atoms with Gasteiger partial charge >= 0.3 is 37.9 Å². The molecule has 0 nitrogen and oxygen atoms in total. The predicted octanol–water partition coefficient (Wildman–Crippen LogP) is 5.79. The second-order valence-corrected chi connectivity index (χ2v) is 9.09. The van der Waals surface area contributed by atoms with Gasteiger partial charge in [0.25, 0.3) is 0 Å². The summed E-state index contributed by atoms with van der Waals surface area (Å²) >= 11 is -0.826. The van der Waals surface area contributed by atoms with Crippen molar-refractivity contribution in [3.8, 4) is 11.1 Å². The molecule has 0 spiro atoms.